The Morgan fingerprint density at radius 2 is 1.85 bits per heavy atom. The first-order valence-electron chi connectivity index (χ1n) is 5.59. The first kappa shape index (κ1) is 13.9. The van der Waals surface area contributed by atoms with E-state index in [9.17, 15) is 0 Å². The van der Waals surface area contributed by atoms with Crippen LogP contribution in [0.25, 0.3) is 10.2 Å². The maximum atomic E-state index is 5.96. The number of nitrogens with zero attached hydrogens (tertiary/aromatic N) is 2. The van der Waals surface area contributed by atoms with Gasteiger partial charge < -0.3 is 4.74 Å². The second kappa shape index (κ2) is 5.37. The standard InChI is InChI=1S/C13H7Cl3N2OS/c1-6-4-8-11(17-13(16)18-12(8)20-6)19-7-2-3-9(14)10(15)5-7/h2-5H,1H3. The summed E-state index contributed by atoms with van der Waals surface area (Å²) in [5.41, 5.74) is 0. The van der Waals surface area contributed by atoms with E-state index in [4.69, 9.17) is 39.5 Å². The molecule has 0 N–H and O–H groups in total. The summed E-state index contributed by atoms with van der Waals surface area (Å²) in [5.74, 6) is 0.946. The van der Waals surface area contributed by atoms with E-state index >= 15 is 0 Å². The Morgan fingerprint density at radius 3 is 2.60 bits per heavy atom. The number of benzene rings is 1. The Bertz CT molecular complexity index is 804. The van der Waals surface area contributed by atoms with Crippen molar-refractivity contribution >= 4 is 56.4 Å². The predicted octanol–water partition coefficient (Wildman–Crippen LogP) is 5.75. The van der Waals surface area contributed by atoms with E-state index in [1.807, 2.05) is 13.0 Å². The number of ether oxygens (including phenoxy) is 1. The SMILES string of the molecule is Cc1cc2c(Oc3ccc(Cl)c(Cl)c3)nc(Cl)nc2s1. The highest BCUT2D eigenvalue weighted by Gasteiger charge is 2.12. The average Bonchev–Trinajstić information content (AvgIpc) is 2.74. The van der Waals surface area contributed by atoms with Gasteiger partial charge in [0.1, 0.15) is 10.6 Å². The molecule has 0 aliphatic heterocycles. The molecule has 7 heteroatoms. The Balaban J connectivity index is 2.07. The maximum absolute atomic E-state index is 5.96. The predicted molar refractivity (Wildman–Crippen MR) is 83.7 cm³/mol. The van der Waals surface area contributed by atoms with Gasteiger partial charge in [-0.1, -0.05) is 23.2 Å². The minimum Gasteiger partial charge on any atom is -0.438 e. The molecule has 0 unspecified atom stereocenters. The van der Waals surface area contributed by atoms with E-state index in [0.29, 0.717) is 21.7 Å². The van der Waals surface area contributed by atoms with E-state index in [2.05, 4.69) is 9.97 Å². The molecule has 3 rings (SSSR count). The van der Waals surface area contributed by atoms with Crippen molar-refractivity contribution in [1.29, 1.82) is 0 Å². The van der Waals surface area contributed by atoms with E-state index in [1.54, 1.807) is 18.2 Å². The summed E-state index contributed by atoms with van der Waals surface area (Å²) >= 11 is 19.3. The molecule has 0 spiro atoms. The van der Waals surface area contributed by atoms with Gasteiger partial charge in [-0.25, -0.2) is 4.98 Å². The number of hydrogen-bond donors (Lipinski definition) is 0. The highest BCUT2D eigenvalue weighted by atomic mass is 35.5. The van der Waals surface area contributed by atoms with Crippen molar-refractivity contribution in [3.63, 3.8) is 0 Å². The third kappa shape index (κ3) is 2.69. The second-order valence-corrected chi connectivity index (χ2v) is 6.44. The number of rotatable bonds is 2. The Labute approximate surface area is 134 Å². The number of hydrogen-bond acceptors (Lipinski definition) is 4. The minimum absolute atomic E-state index is 0.148. The van der Waals surface area contributed by atoms with E-state index in [1.165, 1.54) is 11.3 Å². The molecule has 0 fully saturated rings. The smallest absolute Gasteiger partial charge is 0.232 e. The lowest BCUT2D eigenvalue weighted by Gasteiger charge is -2.07. The summed E-state index contributed by atoms with van der Waals surface area (Å²) in [6.45, 7) is 1.99. The third-order valence-corrected chi connectivity index (χ3v) is 4.41. The van der Waals surface area contributed by atoms with Crippen LogP contribution in [0.15, 0.2) is 24.3 Å². The third-order valence-electron chi connectivity index (χ3n) is 2.56. The zero-order chi connectivity index (χ0) is 14.3. The van der Waals surface area contributed by atoms with Gasteiger partial charge in [0, 0.05) is 10.9 Å². The lowest BCUT2D eigenvalue weighted by Crippen LogP contribution is -1.91. The van der Waals surface area contributed by atoms with Gasteiger partial charge in [-0.3, -0.25) is 0 Å². The highest BCUT2D eigenvalue weighted by molar-refractivity contribution is 7.18. The molecule has 0 bridgehead atoms. The van der Waals surface area contributed by atoms with Crippen molar-refractivity contribution in [3.05, 3.63) is 44.5 Å². The molecule has 0 atom stereocenters. The van der Waals surface area contributed by atoms with Crippen LogP contribution in [-0.4, -0.2) is 9.97 Å². The van der Waals surface area contributed by atoms with E-state index < -0.39 is 0 Å². The molecule has 20 heavy (non-hydrogen) atoms. The summed E-state index contributed by atoms with van der Waals surface area (Å²) in [6, 6.07) is 6.97. The summed E-state index contributed by atoms with van der Waals surface area (Å²) in [5, 5.41) is 1.86. The molecule has 102 valence electrons. The molecule has 0 amide bonds. The van der Waals surface area contributed by atoms with Crippen LogP contribution >= 0.6 is 46.1 Å². The van der Waals surface area contributed by atoms with Crippen LogP contribution in [0.4, 0.5) is 0 Å². The van der Waals surface area contributed by atoms with Crippen molar-refractivity contribution in [2.24, 2.45) is 0 Å². The molecule has 3 nitrogen and oxygen atoms in total. The molecule has 0 radical (unpaired) electrons. The van der Waals surface area contributed by atoms with Crippen LogP contribution in [0.1, 0.15) is 4.88 Å². The van der Waals surface area contributed by atoms with Crippen LogP contribution < -0.4 is 4.74 Å². The molecule has 0 aliphatic rings. The molecular weight excluding hydrogens is 339 g/mol. The largest absolute Gasteiger partial charge is 0.438 e. The van der Waals surface area contributed by atoms with Crippen molar-refractivity contribution in [1.82, 2.24) is 9.97 Å². The minimum atomic E-state index is 0.148. The van der Waals surface area contributed by atoms with Gasteiger partial charge in [-0.2, -0.15) is 4.98 Å². The van der Waals surface area contributed by atoms with Gasteiger partial charge in [0.05, 0.1) is 15.4 Å². The van der Waals surface area contributed by atoms with Gasteiger partial charge in [0.2, 0.25) is 11.2 Å². The van der Waals surface area contributed by atoms with Gasteiger partial charge in [0.15, 0.2) is 0 Å². The van der Waals surface area contributed by atoms with Crippen LogP contribution in [0.5, 0.6) is 11.6 Å². The normalized spacial score (nSPS) is 11.0. The van der Waals surface area contributed by atoms with Crippen molar-refractivity contribution in [3.8, 4) is 11.6 Å². The van der Waals surface area contributed by atoms with Crippen LogP contribution in [0.2, 0.25) is 15.3 Å². The molecule has 3 aromatic rings. The fourth-order valence-corrected chi connectivity index (χ4v) is 3.09. The number of thiophene rings is 1. The molecule has 2 heterocycles. The molecule has 2 aromatic heterocycles. The number of aromatic nitrogens is 2. The van der Waals surface area contributed by atoms with Crippen LogP contribution in [0.3, 0.4) is 0 Å². The highest BCUT2D eigenvalue weighted by Crippen LogP contribution is 2.35. The van der Waals surface area contributed by atoms with Gasteiger partial charge in [0.25, 0.3) is 0 Å². The van der Waals surface area contributed by atoms with Gasteiger partial charge in [-0.05, 0) is 36.7 Å². The van der Waals surface area contributed by atoms with E-state index in [-0.39, 0.29) is 5.28 Å². The summed E-state index contributed by atoms with van der Waals surface area (Å²) < 4.78 is 5.75. The van der Waals surface area contributed by atoms with Gasteiger partial charge >= 0.3 is 0 Å². The zero-order valence-electron chi connectivity index (χ0n) is 10.2. The Kier molecular flexibility index (Phi) is 3.73. The molecule has 0 saturated carbocycles. The van der Waals surface area contributed by atoms with Crippen molar-refractivity contribution < 1.29 is 4.74 Å². The summed E-state index contributed by atoms with van der Waals surface area (Å²) in [6.07, 6.45) is 0. The Hall–Kier alpha value is -1.07. The molecular formula is C13H7Cl3N2OS. The lowest BCUT2D eigenvalue weighted by atomic mass is 10.3. The molecule has 1 aromatic carbocycles. The maximum Gasteiger partial charge on any atom is 0.232 e. The zero-order valence-corrected chi connectivity index (χ0v) is 13.2. The Morgan fingerprint density at radius 1 is 1.05 bits per heavy atom. The fourth-order valence-electron chi connectivity index (χ4n) is 1.72. The summed E-state index contributed by atoms with van der Waals surface area (Å²) in [7, 11) is 0. The van der Waals surface area contributed by atoms with Crippen LogP contribution in [-0.2, 0) is 0 Å². The fraction of sp³-hybridized carbons (Fsp3) is 0.0769. The average molecular weight is 346 g/mol. The van der Waals surface area contributed by atoms with Crippen LogP contribution in [0, 0.1) is 6.92 Å². The van der Waals surface area contributed by atoms with Crippen molar-refractivity contribution in [2.45, 2.75) is 6.92 Å². The number of halogens is 3. The molecule has 0 aliphatic carbocycles. The first-order chi connectivity index (χ1) is 9.52. The quantitative estimate of drug-likeness (QED) is 0.554. The number of aryl methyl sites for hydroxylation is 1. The molecule has 0 saturated heterocycles. The summed E-state index contributed by atoms with van der Waals surface area (Å²) in [4.78, 5) is 10.2. The van der Waals surface area contributed by atoms with Gasteiger partial charge in [-0.15, -0.1) is 11.3 Å². The topological polar surface area (TPSA) is 35.0 Å². The lowest BCUT2D eigenvalue weighted by molar-refractivity contribution is 0.468. The monoisotopic (exact) mass is 344 g/mol. The van der Waals surface area contributed by atoms with Crippen molar-refractivity contribution in [2.75, 3.05) is 0 Å². The van der Waals surface area contributed by atoms with E-state index in [0.717, 1.165) is 15.1 Å². The second-order valence-electron chi connectivity index (χ2n) is 4.05. The first-order valence-corrected chi connectivity index (χ1v) is 7.54. The number of fused-ring (bicyclic) bond motifs is 1.